The highest BCUT2D eigenvalue weighted by Gasteiger charge is 2.10. The number of nitrogens with zero attached hydrogens (tertiary/aromatic N) is 3. The van der Waals surface area contributed by atoms with Crippen LogP contribution in [0, 0.1) is 18.3 Å². The van der Waals surface area contributed by atoms with E-state index in [2.05, 4.69) is 15.4 Å². The van der Waals surface area contributed by atoms with Crippen molar-refractivity contribution in [3.05, 3.63) is 34.6 Å². The Labute approximate surface area is 106 Å². The van der Waals surface area contributed by atoms with Gasteiger partial charge in [0.1, 0.15) is 11.9 Å². The Hall–Kier alpha value is -1.09. The first-order valence-corrected chi connectivity index (χ1v) is 6.34. The summed E-state index contributed by atoms with van der Waals surface area (Å²) in [5, 5.41) is 9.47. The maximum atomic E-state index is 9.00. The van der Waals surface area contributed by atoms with Crippen LogP contribution in [0.25, 0.3) is 0 Å². The van der Waals surface area contributed by atoms with Crippen LogP contribution < -0.4 is 0 Å². The van der Waals surface area contributed by atoms with Crippen molar-refractivity contribution in [2.45, 2.75) is 16.2 Å². The third-order valence-corrected chi connectivity index (χ3v) is 4.01. The van der Waals surface area contributed by atoms with Gasteiger partial charge in [-0.15, -0.1) is 0 Å². The van der Waals surface area contributed by atoms with Gasteiger partial charge in [-0.1, -0.05) is 29.4 Å². The van der Waals surface area contributed by atoms with Crippen molar-refractivity contribution in [2.75, 3.05) is 0 Å². The van der Waals surface area contributed by atoms with Crippen LogP contribution in [0.15, 0.2) is 27.4 Å². The molecule has 0 atom stereocenters. The van der Waals surface area contributed by atoms with E-state index in [0.717, 1.165) is 15.1 Å². The topological polar surface area (TPSA) is 49.6 Å². The second kappa shape index (κ2) is 4.83. The molecule has 0 N–H and O–H groups in total. The van der Waals surface area contributed by atoms with Gasteiger partial charge in [-0.2, -0.15) is 9.64 Å². The van der Waals surface area contributed by atoms with Gasteiger partial charge in [-0.3, -0.25) is 0 Å². The van der Waals surface area contributed by atoms with Crippen LogP contribution in [0.5, 0.6) is 0 Å². The fourth-order valence-electron chi connectivity index (χ4n) is 1.11. The normalized spacial score (nSPS) is 10.1. The van der Waals surface area contributed by atoms with Crippen molar-refractivity contribution in [3.8, 4) is 6.07 Å². The minimum atomic E-state index is 0.466. The lowest BCUT2D eigenvalue weighted by Gasteiger charge is -2.01. The minimum absolute atomic E-state index is 0.466. The SMILES string of the molecule is Cc1nsc(Sc2cccc(Cl)c2C#N)n1. The number of hydrogen-bond acceptors (Lipinski definition) is 5. The molecule has 80 valence electrons. The Balaban J connectivity index is 2.35. The second-order valence-corrected chi connectivity index (χ2v) is 5.38. The molecule has 0 aliphatic rings. The number of aryl methyl sites for hydroxylation is 1. The molecule has 6 heteroatoms. The van der Waals surface area contributed by atoms with Crippen LogP contribution in [-0.2, 0) is 0 Å². The molecule has 1 aromatic carbocycles. The lowest BCUT2D eigenvalue weighted by Crippen LogP contribution is -1.82. The summed E-state index contributed by atoms with van der Waals surface area (Å²) >= 11 is 8.66. The Morgan fingerprint density at radius 1 is 1.50 bits per heavy atom. The van der Waals surface area contributed by atoms with Gasteiger partial charge in [0.2, 0.25) is 0 Å². The van der Waals surface area contributed by atoms with E-state index < -0.39 is 0 Å². The summed E-state index contributed by atoms with van der Waals surface area (Å²) in [7, 11) is 0. The molecular formula is C10H6ClN3S2. The molecule has 2 aromatic rings. The van der Waals surface area contributed by atoms with E-state index in [1.165, 1.54) is 23.3 Å². The molecular weight excluding hydrogens is 262 g/mol. The van der Waals surface area contributed by atoms with E-state index in [9.17, 15) is 0 Å². The summed E-state index contributed by atoms with van der Waals surface area (Å²) < 4.78 is 4.90. The summed E-state index contributed by atoms with van der Waals surface area (Å²) in [5.74, 6) is 0.744. The molecule has 3 nitrogen and oxygen atoms in total. The van der Waals surface area contributed by atoms with E-state index in [0.29, 0.717) is 10.6 Å². The largest absolute Gasteiger partial charge is 0.213 e. The molecule has 0 bridgehead atoms. The maximum absolute atomic E-state index is 9.00. The zero-order valence-electron chi connectivity index (χ0n) is 8.27. The molecule has 1 aromatic heterocycles. The highest BCUT2D eigenvalue weighted by atomic mass is 35.5. The van der Waals surface area contributed by atoms with Gasteiger partial charge >= 0.3 is 0 Å². The van der Waals surface area contributed by atoms with Gasteiger partial charge in [-0.25, -0.2) is 4.98 Å². The molecule has 0 saturated heterocycles. The summed E-state index contributed by atoms with van der Waals surface area (Å²) in [6.07, 6.45) is 0. The average Bonchev–Trinajstić information content (AvgIpc) is 2.64. The quantitative estimate of drug-likeness (QED) is 0.835. The number of rotatable bonds is 2. The molecule has 0 spiro atoms. The van der Waals surface area contributed by atoms with Crippen LogP contribution in [0.1, 0.15) is 11.4 Å². The van der Waals surface area contributed by atoms with Crippen LogP contribution in [0.4, 0.5) is 0 Å². The second-order valence-electron chi connectivity index (χ2n) is 2.93. The molecule has 2 rings (SSSR count). The van der Waals surface area contributed by atoms with Gasteiger partial charge in [-0.05, 0) is 30.6 Å². The molecule has 1 heterocycles. The summed E-state index contributed by atoms with van der Waals surface area (Å²) in [6.45, 7) is 1.84. The van der Waals surface area contributed by atoms with Crippen molar-refractivity contribution in [1.82, 2.24) is 9.36 Å². The molecule has 0 aliphatic carbocycles. The van der Waals surface area contributed by atoms with E-state index in [1.807, 2.05) is 19.1 Å². The van der Waals surface area contributed by atoms with E-state index in [-0.39, 0.29) is 0 Å². The van der Waals surface area contributed by atoms with E-state index in [4.69, 9.17) is 16.9 Å². The third kappa shape index (κ3) is 2.35. The highest BCUT2D eigenvalue weighted by molar-refractivity contribution is 8.01. The first kappa shape index (κ1) is 11.4. The molecule has 0 fully saturated rings. The van der Waals surface area contributed by atoms with Crippen molar-refractivity contribution in [2.24, 2.45) is 0 Å². The Bertz CT molecular complexity index is 559. The van der Waals surface area contributed by atoms with Gasteiger partial charge in [0.25, 0.3) is 0 Å². The number of hydrogen-bond donors (Lipinski definition) is 0. The molecule has 0 amide bonds. The summed E-state index contributed by atoms with van der Waals surface area (Å²) in [5.41, 5.74) is 0.488. The molecule has 0 radical (unpaired) electrons. The Morgan fingerprint density at radius 3 is 2.94 bits per heavy atom. The van der Waals surface area contributed by atoms with E-state index in [1.54, 1.807) is 6.07 Å². The van der Waals surface area contributed by atoms with Crippen molar-refractivity contribution in [1.29, 1.82) is 5.26 Å². The van der Waals surface area contributed by atoms with Gasteiger partial charge in [0, 0.05) is 4.90 Å². The number of halogens is 1. The Kier molecular flexibility index (Phi) is 3.44. The van der Waals surface area contributed by atoms with Gasteiger partial charge in [0.05, 0.1) is 10.6 Å². The lowest BCUT2D eigenvalue weighted by molar-refractivity contribution is 1.10. The van der Waals surface area contributed by atoms with E-state index >= 15 is 0 Å². The van der Waals surface area contributed by atoms with Crippen LogP contribution in [0.2, 0.25) is 5.02 Å². The first-order chi connectivity index (χ1) is 7.70. The smallest absolute Gasteiger partial charge is 0.174 e. The molecule has 0 aliphatic heterocycles. The van der Waals surface area contributed by atoms with Crippen molar-refractivity contribution >= 4 is 34.9 Å². The number of benzene rings is 1. The first-order valence-electron chi connectivity index (χ1n) is 4.37. The number of aromatic nitrogens is 2. The summed E-state index contributed by atoms with van der Waals surface area (Å²) in [4.78, 5) is 5.04. The lowest BCUT2D eigenvalue weighted by atomic mass is 10.2. The Morgan fingerprint density at radius 2 is 2.31 bits per heavy atom. The zero-order chi connectivity index (χ0) is 11.5. The standard InChI is InChI=1S/C10H6ClN3S2/c1-6-13-10(16-14-6)15-9-4-2-3-8(11)7(9)5-12/h2-4H,1H3. The van der Waals surface area contributed by atoms with Crippen LogP contribution in [-0.4, -0.2) is 9.36 Å². The minimum Gasteiger partial charge on any atom is -0.213 e. The fraction of sp³-hybridized carbons (Fsp3) is 0.100. The predicted octanol–water partition coefficient (Wildman–Crippen LogP) is 3.52. The third-order valence-electron chi connectivity index (χ3n) is 1.79. The van der Waals surface area contributed by atoms with Crippen LogP contribution in [0.3, 0.4) is 0 Å². The molecule has 0 saturated carbocycles. The van der Waals surface area contributed by atoms with Crippen molar-refractivity contribution in [3.63, 3.8) is 0 Å². The highest BCUT2D eigenvalue weighted by Crippen LogP contribution is 2.33. The monoisotopic (exact) mass is 267 g/mol. The summed E-state index contributed by atoms with van der Waals surface area (Å²) in [6, 6.07) is 7.47. The molecule has 0 unspecified atom stereocenters. The fourth-order valence-corrected chi connectivity index (χ4v) is 3.11. The van der Waals surface area contributed by atoms with Crippen molar-refractivity contribution < 1.29 is 0 Å². The molecule has 16 heavy (non-hydrogen) atoms. The van der Waals surface area contributed by atoms with Gasteiger partial charge < -0.3 is 0 Å². The predicted molar refractivity (Wildman–Crippen MR) is 64.9 cm³/mol. The van der Waals surface area contributed by atoms with Crippen LogP contribution >= 0.6 is 34.9 Å². The maximum Gasteiger partial charge on any atom is 0.174 e. The zero-order valence-corrected chi connectivity index (χ0v) is 10.7. The average molecular weight is 268 g/mol. The number of nitriles is 1. The van der Waals surface area contributed by atoms with Gasteiger partial charge in [0.15, 0.2) is 4.34 Å².